The number of pyridine rings is 1. The van der Waals surface area contributed by atoms with Crippen LogP contribution in [0.2, 0.25) is 0 Å². The minimum absolute atomic E-state index is 0.493. The Bertz CT molecular complexity index is 965. The average molecular weight is 381 g/mol. The van der Waals surface area contributed by atoms with E-state index in [-0.39, 0.29) is 0 Å². The van der Waals surface area contributed by atoms with Crippen molar-refractivity contribution in [3.63, 3.8) is 0 Å². The zero-order valence-electron chi connectivity index (χ0n) is 16.8. The third-order valence-corrected chi connectivity index (χ3v) is 4.43. The van der Waals surface area contributed by atoms with E-state index in [0.29, 0.717) is 13.1 Å². The van der Waals surface area contributed by atoms with Crippen molar-refractivity contribution >= 4 is 11.6 Å². The van der Waals surface area contributed by atoms with Gasteiger partial charge >= 0.3 is 0 Å². The van der Waals surface area contributed by atoms with Gasteiger partial charge in [-0.15, -0.1) is 0 Å². The summed E-state index contributed by atoms with van der Waals surface area (Å²) in [5.41, 5.74) is 4.05. The van der Waals surface area contributed by atoms with Crippen LogP contribution in [0.3, 0.4) is 0 Å². The van der Waals surface area contributed by atoms with Crippen molar-refractivity contribution in [1.29, 1.82) is 0 Å². The Balaban J connectivity index is 1.71. The second-order valence-electron chi connectivity index (χ2n) is 6.35. The van der Waals surface area contributed by atoms with Gasteiger partial charge < -0.3 is 24.5 Å². The number of hydrogen-bond acceptors (Lipinski definition) is 4. The lowest BCUT2D eigenvalue weighted by Crippen LogP contribution is -2.36. The third-order valence-electron chi connectivity index (χ3n) is 4.43. The van der Waals surface area contributed by atoms with Gasteiger partial charge in [0.2, 0.25) is 0 Å². The molecule has 0 saturated heterocycles. The molecule has 0 saturated carbocycles. The van der Waals surface area contributed by atoms with Crippen LogP contribution < -0.4 is 20.1 Å². The summed E-state index contributed by atoms with van der Waals surface area (Å²) in [7, 11) is 3.29. The van der Waals surface area contributed by atoms with Crippen LogP contribution in [0.1, 0.15) is 23.9 Å². The van der Waals surface area contributed by atoms with E-state index in [4.69, 9.17) is 9.47 Å². The van der Waals surface area contributed by atoms with Gasteiger partial charge in [0.15, 0.2) is 5.96 Å². The van der Waals surface area contributed by atoms with Crippen molar-refractivity contribution in [2.75, 3.05) is 20.8 Å². The maximum atomic E-state index is 5.45. The van der Waals surface area contributed by atoms with E-state index in [1.54, 1.807) is 14.2 Å². The summed E-state index contributed by atoms with van der Waals surface area (Å²) in [5, 5.41) is 6.61. The Kier molecular flexibility index (Phi) is 6.37. The number of guanidine groups is 1. The lowest BCUT2D eigenvalue weighted by Gasteiger charge is -2.12. The second kappa shape index (κ2) is 9.12. The number of ether oxygens (including phenoxy) is 2. The predicted molar refractivity (Wildman–Crippen MR) is 111 cm³/mol. The Labute approximate surface area is 165 Å². The summed E-state index contributed by atoms with van der Waals surface area (Å²) in [6.45, 7) is 5.97. The van der Waals surface area contributed by atoms with Gasteiger partial charge in [0, 0.05) is 30.1 Å². The molecule has 0 radical (unpaired) electrons. The largest absolute Gasteiger partial charge is 0.497 e. The maximum absolute atomic E-state index is 5.45. The molecule has 0 aliphatic heterocycles. The van der Waals surface area contributed by atoms with E-state index in [9.17, 15) is 0 Å². The molecule has 0 fully saturated rings. The number of hydrogen-bond donors (Lipinski definition) is 2. The second-order valence-corrected chi connectivity index (χ2v) is 6.35. The highest BCUT2D eigenvalue weighted by atomic mass is 16.5. The summed E-state index contributed by atoms with van der Waals surface area (Å²) in [6.07, 6.45) is 2.05. The molecule has 0 amide bonds. The summed E-state index contributed by atoms with van der Waals surface area (Å²) in [4.78, 5) is 9.33. The van der Waals surface area contributed by atoms with Gasteiger partial charge in [-0.3, -0.25) is 0 Å². The fourth-order valence-electron chi connectivity index (χ4n) is 2.95. The molecule has 1 aromatic carbocycles. The molecule has 0 bridgehead atoms. The SMILES string of the molecule is CCNC(=NCc1ccc(OC)cc1OC)NCc1cn2c(C)cccc2n1. The van der Waals surface area contributed by atoms with Crippen molar-refractivity contribution in [2.45, 2.75) is 26.9 Å². The van der Waals surface area contributed by atoms with E-state index >= 15 is 0 Å². The third kappa shape index (κ3) is 4.54. The highest BCUT2D eigenvalue weighted by molar-refractivity contribution is 5.79. The molecule has 3 aromatic rings. The Morgan fingerprint density at radius 2 is 2.00 bits per heavy atom. The molecule has 2 heterocycles. The topological polar surface area (TPSA) is 72.2 Å². The fraction of sp³-hybridized carbons (Fsp3) is 0.333. The van der Waals surface area contributed by atoms with Gasteiger partial charge in [0.1, 0.15) is 17.1 Å². The van der Waals surface area contributed by atoms with E-state index < -0.39 is 0 Å². The Hall–Kier alpha value is -3.22. The monoisotopic (exact) mass is 381 g/mol. The maximum Gasteiger partial charge on any atom is 0.191 e. The van der Waals surface area contributed by atoms with Gasteiger partial charge in [-0.25, -0.2) is 9.98 Å². The number of aryl methyl sites for hydroxylation is 1. The van der Waals surface area contributed by atoms with Gasteiger partial charge in [-0.2, -0.15) is 0 Å². The van der Waals surface area contributed by atoms with Gasteiger partial charge in [0.25, 0.3) is 0 Å². The molecule has 7 heteroatoms. The molecule has 148 valence electrons. The molecule has 0 aliphatic rings. The van der Waals surface area contributed by atoms with Crippen molar-refractivity contribution in [3.8, 4) is 11.5 Å². The Morgan fingerprint density at radius 3 is 2.71 bits per heavy atom. The van der Waals surface area contributed by atoms with E-state index in [1.165, 1.54) is 0 Å². The quantitative estimate of drug-likeness (QED) is 0.486. The highest BCUT2D eigenvalue weighted by Crippen LogP contribution is 2.25. The number of nitrogens with one attached hydrogen (secondary N) is 2. The van der Waals surface area contributed by atoms with E-state index in [0.717, 1.165) is 46.6 Å². The normalized spacial score (nSPS) is 11.5. The fourth-order valence-corrected chi connectivity index (χ4v) is 2.95. The van der Waals surface area contributed by atoms with E-state index in [2.05, 4.69) is 38.0 Å². The molecule has 2 aromatic heterocycles. The van der Waals surface area contributed by atoms with Crippen LogP contribution in [0.25, 0.3) is 5.65 Å². The van der Waals surface area contributed by atoms with Crippen LogP contribution in [-0.4, -0.2) is 36.1 Å². The molecule has 2 N–H and O–H groups in total. The zero-order valence-corrected chi connectivity index (χ0v) is 16.8. The molecule has 0 atom stereocenters. The number of aromatic nitrogens is 2. The number of imidazole rings is 1. The van der Waals surface area contributed by atoms with Crippen molar-refractivity contribution < 1.29 is 9.47 Å². The minimum atomic E-state index is 0.493. The van der Waals surface area contributed by atoms with Crippen molar-refractivity contribution in [1.82, 2.24) is 20.0 Å². The van der Waals surface area contributed by atoms with E-state index in [1.807, 2.05) is 43.5 Å². The molecular weight excluding hydrogens is 354 g/mol. The number of fused-ring (bicyclic) bond motifs is 1. The van der Waals surface area contributed by atoms with Crippen molar-refractivity contribution in [3.05, 3.63) is 59.5 Å². The van der Waals surface area contributed by atoms with Crippen molar-refractivity contribution in [2.24, 2.45) is 4.99 Å². The Morgan fingerprint density at radius 1 is 1.14 bits per heavy atom. The molecule has 28 heavy (non-hydrogen) atoms. The number of nitrogens with zero attached hydrogens (tertiary/aromatic N) is 3. The average Bonchev–Trinajstić information content (AvgIpc) is 3.14. The standard InChI is InChI=1S/C21H27N5O2/c1-5-22-21(23-12-16-9-10-18(27-3)11-19(16)28-4)24-13-17-14-26-15(2)7-6-8-20(26)25-17/h6-11,14H,5,12-13H2,1-4H3,(H2,22,23,24). The highest BCUT2D eigenvalue weighted by Gasteiger charge is 2.07. The summed E-state index contributed by atoms with van der Waals surface area (Å²) in [5.74, 6) is 2.25. The molecule has 3 rings (SSSR count). The number of aliphatic imine (C=N–C) groups is 1. The van der Waals surface area contributed by atoms with Gasteiger partial charge in [-0.1, -0.05) is 6.07 Å². The van der Waals surface area contributed by atoms with Gasteiger partial charge in [0.05, 0.1) is 33.0 Å². The summed E-state index contributed by atoms with van der Waals surface area (Å²) < 4.78 is 12.8. The first kappa shape index (κ1) is 19.5. The first-order valence-corrected chi connectivity index (χ1v) is 9.31. The summed E-state index contributed by atoms with van der Waals surface area (Å²) >= 11 is 0. The van der Waals surface area contributed by atoms with Crippen LogP contribution in [0, 0.1) is 6.92 Å². The summed E-state index contributed by atoms with van der Waals surface area (Å²) in [6, 6.07) is 11.8. The van der Waals surface area contributed by atoms with Crippen LogP contribution in [0.5, 0.6) is 11.5 Å². The lowest BCUT2D eigenvalue weighted by atomic mass is 10.2. The molecule has 0 spiro atoms. The van der Waals surface area contributed by atoms with Crippen LogP contribution >= 0.6 is 0 Å². The minimum Gasteiger partial charge on any atom is -0.497 e. The number of benzene rings is 1. The lowest BCUT2D eigenvalue weighted by molar-refractivity contribution is 0.391. The van der Waals surface area contributed by atoms with Gasteiger partial charge in [-0.05, 0) is 38.1 Å². The number of rotatable bonds is 7. The van der Waals surface area contributed by atoms with Crippen LogP contribution in [0.4, 0.5) is 0 Å². The number of methoxy groups -OCH3 is 2. The molecular formula is C21H27N5O2. The first-order chi connectivity index (χ1) is 13.6. The molecule has 0 aliphatic carbocycles. The van der Waals surface area contributed by atoms with Crippen LogP contribution in [-0.2, 0) is 13.1 Å². The smallest absolute Gasteiger partial charge is 0.191 e. The predicted octanol–water partition coefficient (Wildman–Crippen LogP) is 2.92. The molecule has 7 nitrogen and oxygen atoms in total. The first-order valence-electron chi connectivity index (χ1n) is 9.31. The molecule has 0 unspecified atom stereocenters. The zero-order chi connectivity index (χ0) is 19.9. The van der Waals surface area contributed by atoms with Crippen LogP contribution in [0.15, 0.2) is 47.6 Å².